The smallest absolute Gasteiger partial charge is 0.213 e. The first kappa shape index (κ1) is 17.3. The van der Waals surface area contributed by atoms with Crippen molar-refractivity contribution < 1.29 is 4.74 Å². The summed E-state index contributed by atoms with van der Waals surface area (Å²) in [7, 11) is 3.46. The molecule has 0 amide bonds. The molecule has 134 valence electrons. The molecule has 3 heterocycles. The number of guanidine groups is 1. The second kappa shape index (κ2) is 8.00. The van der Waals surface area contributed by atoms with Gasteiger partial charge >= 0.3 is 0 Å². The number of pyridine rings is 1. The summed E-state index contributed by atoms with van der Waals surface area (Å²) in [4.78, 5) is 15.1. The van der Waals surface area contributed by atoms with Gasteiger partial charge in [-0.25, -0.2) is 9.97 Å². The summed E-state index contributed by atoms with van der Waals surface area (Å²) in [6, 6.07) is 4.33. The molecule has 1 aliphatic rings. The molecule has 0 bridgehead atoms. The monoisotopic (exact) mass is 342 g/mol. The lowest BCUT2D eigenvalue weighted by atomic mass is 9.93. The molecule has 25 heavy (non-hydrogen) atoms. The van der Waals surface area contributed by atoms with Crippen molar-refractivity contribution in [1.29, 1.82) is 0 Å². The molecule has 2 aromatic rings. The zero-order chi connectivity index (χ0) is 17.6. The van der Waals surface area contributed by atoms with E-state index in [0.29, 0.717) is 24.4 Å². The van der Waals surface area contributed by atoms with Crippen LogP contribution in [-0.4, -0.2) is 52.6 Å². The lowest BCUT2D eigenvalue weighted by Gasteiger charge is -2.39. The van der Waals surface area contributed by atoms with Crippen LogP contribution in [0.2, 0.25) is 0 Å². The van der Waals surface area contributed by atoms with Crippen LogP contribution in [0.5, 0.6) is 5.88 Å². The minimum Gasteiger partial charge on any atom is -0.481 e. The van der Waals surface area contributed by atoms with Crippen molar-refractivity contribution in [2.24, 2.45) is 10.9 Å². The van der Waals surface area contributed by atoms with E-state index >= 15 is 0 Å². The third kappa shape index (κ3) is 4.10. The summed E-state index contributed by atoms with van der Waals surface area (Å²) < 4.78 is 7.39. The van der Waals surface area contributed by atoms with Gasteiger partial charge in [0.25, 0.3) is 0 Å². The molecule has 3 rings (SSSR count). The van der Waals surface area contributed by atoms with E-state index in [9.17, 15) is 0 Å². The van der Waals surface area contributed by atoms with E-state index in [-0.39, 0.29) is 0 Å². The molecule has 0 aromatic carbocycles. The Hall–Kier alpha value is -2.57. The predicted octanol–water partition coefficient (Wildman–Crippen LogP) is 1.95. The van der Waals surface area contributed by atoms with Crippen LogP contribution in [0.4, 0.5) is 0 Å². The SMILES string of the molecule is CN=C(NCc1ccnc(OC)c1)N1CCC(C)C(n2ccnc2)C1. The maximum Gasteiger partial charge on any atom is 0.213 e. The van der Waals surface area contributed by atoms with Gasteiger partial charge in [-0.15, -0.1) is 0 Å². The number of hydrogen-bond donors (Lipinski definition) is 1. The van der Waals surface area contributed by atoms with Gasteiger partial charge in [0.1, 0.15) is 0 Å². The number of nitrogens with zero attached hydrogens (tertiary/aromatic N) is 5. The molecule has 0 aliphatic carbocycles. The summed E-state index contributed by atoms with van der Waals surface area (Å²) >= 11 is 0. The molecule has 0 radical (unpaired) electrons. The average Bonchev–Trinajstić information content (AvgIpc) is 3.18. The number of ether oxygens (including phenoxy) is 1. The fraction of sp³-hybridized carbons (Fsp3) is 0.500. The second-order valence-corrected chi connectivity index (χ2v) is 6.40. The Morgan fingerprint density at radius 2 is 2.32 bits per heavy atom. The van der Waals surface area contributed by atoms with Crippen molar-refractivity contribution in [3.8, 4) is 5.88 Å². The average molecular weight is 342 g/mol. The maximum absolute atomic E-state index is 5.18. The first-order chi connectivity index (χ1) is 12.2. The summed E-state index contributed by atoms with van der Waals surface area (Å²) in [5, 5.41) is 3.46. The number of aromatic nitrogens is 3. The van der Waals surface area contributed by atoms with Gasteiger partial charge in [-0.3, -0.25) is 4.99 Å². The molecule has 7 nitrogen and oxygen atoms in total. The lowest BCUT2D eigenvalue weighted by molar-refractivity contribution is 0.189. The topological polar surface area (TPSA) is 67.6 Å². The summed E-state index contributed by atoms with van der Waals surface area (Å²) in [5.74, 6) is 2.17. The predicted molar refractivity (Wildman–Crippen MR) is 97.6 cm³/mol. The highest BCUT2D eigenvalue weighted by molar-refractivity contribution is 5.80. The summed E-state index contributed by atoms with van der Waals surface area (Å²) in [6.45, 7) is 4.93. The van der Waals surface area contributed by atoms with Gasteiger partial charge in [0.05, 0.1) is 19.5 Å². The van der Waals surface area contributed by atoms with E-state index in [2.05, 4.69) is 36.7 Å². The van der Waals surface area contributed by atoms with E-state index in [4.69, 9.17) is 4.74 Å². The van der Waals surface area contributed by atoms with Gasteiger partial charge in [-0.2, -0.15) is 0 Å². The Labute approximate surface area is 148 Å². The zero-order valence-corrected chi connectivity index (χ0v) is 15.1. The number of nitrogens with one attached hydrogen (secondary N) is 1. The van der Waals surface area contributed by atoms with Crippen LogP contribution >= 0.6 is 0 Å². The van der Waals surface area contributed by atoms with Gasteiger partial charge in [0.15, 0.2) is 5.96 Å². The Kier molecular flexibility index (Phi) is 5.53. The van der Waals surface area contributed by atoms with Crippen molar-refractivity contribution >= 4 is 5.96 Å². The van der Waals surface area contributed by atoms with Crippen molar-refractivity contribution in [3.05, 3.63) is 42.6 Å². The van der Waals surface area contributed by atoms with E-state index in [1.807, 2.05) is 37.9 Å². The van der Waals surface area contributed by atoms with Crippen LogP contribution in [0.1, 0.15) is 24.9 Å². The summed E-state index contributed by atoms with van der Waals surface area (Å²) in [6.07, 6.45) is 8.69. The number of hydrogen-bond acceptors (Lipinski definition) is 4. The summed E-state index contributed by atoms with van der Waals surface area (Å²) in [5.41, 5.74) is 1.12. The highest BCUT2D eigenvalue weighted by Gasteiger charge is 2.28. The normalized spacial score (nSPS) is 21.2. The largest absolute Gasteiger partial charge is 0.481 e. The molecule has 2 unspecified atom stereocenters. The van der Waals surface area contributed by atoms with Crippen molar-refractivity contribution in [2.75, 3.05) is 27.2 Å². The van der Waals surface area contributed by atoms with Gasteiger partial charge < -0.3 is 19.5 Å². The fourth-order valence-corrected chi connectivity index (χ4v) is 3.28. The molecule has 1 saturated heterocycles. The number of piperidine rings is 1. The molecule has 1 aliphatic heterocycles. The standard InChI is InChI=1S/C18H26N6O/c1-14-5-8-23(12-16(14)24-9-7-20-13-24)18(19-2)22-11-15-4-6-21-17(10-15)25-3/h4,6-7,9-10,13-14,16H,5,8,11-12H2,1-3H3,(H,19,22). The Morgan fingerprint density at radius 1 is 1.44 bits per heavy atom. The van der Waals surface area contributed by atoms with E-state index < -0.39 is 0 Å². The third-order valence-corrected chi connectivity index (χ3v) is 4.80. The quantitative estimate of drug-likeness (QED) is 0.679. The fourth-order valence-electron chi connectivity index (χ4n) is 3.28. The van der Waals surface area contributed by atoms with E-state index in [0.717, 1.165) is 31.0 Å². The molecule has 7 heteroatoms. The minimum absolute atomic E-state index is 0.413. The molecule has 0 saturated carbocycles. The lowest BCUT2D eigenvalue weighted by Crippen LogP contribution is -2.48. The van der Waals surface area contributed by atoms with Crippen LogP contribution in [0.25, 0.3) is 0 Å². The number of rotatable bonds is 4. The van der Waals surface area contributed by atoms with Gasteiger partial charge in [0, 0.05) is 51.3 Å². The number of likely N-dealkylation sites (tertiary alicyclic amines) is 1. The molecule has 1 N–H and O–H groups in total. The highest BCUT2D eigenvalue weighted by Crippen LogP contribution is 2.27. The number of imidazole rings is 1. The Morgan fingerprint density at radius 3 is 3.04 bits per heavy atom. The van der Waals surface area contributed by atoms with Crippen LogP contribution in [-0.2, 0) is 6.54 Å². The molecule has 0 spiro atoms. The molecule has 2 atom stereocenters. The maximum atomic E-state index is 5.18. The highest BCUT2D eigenvalue weighted by atomic mass is 16.5. The third-order valence-electron chi connectivity index (χ3n) is 4.80. The first-order valence-corrected chi connectivity index (χ1v) is 8.63. The van der Waals surface area contributed by atoms with Crippen LogP contribution in [0, 0.1) is 5.92 Å². The van der Waals surface area contributed by atoms with Crippen LogP contribution < -0.4 is 10.1 Å². The zero-order valence-electron chi connectivity index (χ0n) is 15.1. The number of methoxy groups -OCH3 is 1. The minimum atomic E-state index is 0.413. The molecule has 1 fully saturated rings. The van der Waals surface area contributed by atoms with Crippen molar-refractivity contribution in [1.82, 2.24) is 24.8 Å². The first-order valence-electron chi connectivity index (χ1n) is 8.63. The van der Waals surface area contributed by atoms with Gasteiger partial charge in [0.2, 0.25) is 5.88 Å². The van der Waals surface area contributed by atoms with E-state index in [1.165, 1.54) is 0 Å². The van der Waals surface area contributed by atoms with E-state index in [1.54, 1.807) is 13.3 Å². The number of aliphatic imine (C=N–C) groups is 1. The Balaban J connectivity index is 1.64. The van der Waals surface area contributed by atoms with Crippen LogP contribution in [0.3, 0.4) is 0 Å². The van der Waals surface area contributed by atoms with Gasteiger partial charge in [-0.05, 0) is 24.0 Å². The van der Waals surface area contributed by atoms with Crippen molar-refractivity contribution in [2.45, 2.75) is 25.9 Å². The van der Waals surface area contributed by atoms with Crippen molar-refractivity contribution in [3.63, 3.8) is 0 Å². The molecule has 2 aromatic heterocycles. The van der Waals surface area contributed by atoms with Gasteiger partial charge in [-0.1, -0.05) is 6.92 Å². The Bertz CT molecular complexity index is 699. The second-order valence-electron chi connectivity index (χ2n) is 6.40. The molecular weight excluding hydrogens is 316 g/mol. The molecular formula is C18H26N6O. The van der Waals surface area contributed by atoms with Crippen LogP contribution in [0.15, 0.2) is 42.0 Å².